The molecule has 146 valence electrons. The van der Waals surface area contributed by atoms with Crippen LogP contribution in [0.4, 0.5) is 5.69 Å². The summed E-state index contributed by atoms with van der Waals surface area (Å²) >= 11 is 4.90. The van der Waals surface area contributed by atoms with Gasteiger partial charge in [-0.3, -0.25) is 4.79 Å². The monoisotopic (exact) mass is 458 g/mol. The van der Waals surface area contributed by atoms with E-state index in [4.69, 9.17) is 0 Å². The lowest BCUT2D eigenvalue weighted by Gasteiger charge is -2.10. The summed E-state index contributed by atoms with van der Waals surface area (Å²) in [5, 5.41) is 12.4. The Hall–Kier alpha value is -2.12. The highest BCUT2D eigenvalue weighted by atomic mass is 79.9. The van der Waals surface area contributed by atoms with Gasteiger partial charge >= 0.3 is 0 Å². The minimum atomic E-state index is -0.0716. The Kier molecular flexibility index (Phi) is 6.91. The van der Waals surface area contributed by atoms with E-state index in [-0.39, 0.29) is 11.7 Å². The molecule has 0 atom stereocenters. The van der Waals surface area contributed by atoms with E-state index in [1.807, 2.05) is 37.3 Å². The molecule has 0 aliphatic rings. The van der Waals surface area contributed by atoms with E-state index in [0.29, 0.717) is 0 Å². The molecule has 5 nitrogen and oxygen atoms in total. The van der Waals surface area contributed by atoms with Crippen LogP contribution in [-0.4, -0.2) is 26.4 Å². The highest BCUT2D eigenvalue weighted by Crippen LogP contribution is 2.26. The van der Waals surface area contributed by atoms with Crippen molar-refractivity contribution < 1.29 is 4.79 Å². The number of halogens is 1. The fourth-order valence-electron chi connectivity index (χ4n) is 2.86. The summed E-state index contributed by atoms with van der Waals surface area (Å²) in [5.41, 5.74) is 4.13. The summed E-state index contributed by atoms with van der Waals surface area (Å²) in [6.45, 7) is 7.01. The molecule has 1 N–H and O–H groups in total. The molecule has 0 radical (unpaired) electrons. The Morgan fingerprint density at radius 2 is 1.93 bits per heavy atom. The summed E-state index contributed by atoms with van der Waals surface area (Å²) in [7, 11) is 0. The summed E-state index contributed by atoms with van der Waals surface area (Å²) in [6, 6.07) is 14.1. The van der Waals surface area contributed by atoms with E-state index < -0.39 is 0 Å². The second-order valence-electron chi connectivity index (χ2n) is 6.65. The number of aromatic nitrogens is 3. The Labute approximate surface area is 178 Å². The van der Waals surface area contributed by atoms with E-state index in [1.165, 1.54) is 17.3 Å². The van der Waals surface area contributed by atoms with Gasteiger partial charge < -0.3 is 9.88 Å². The molecule has 3 rings (SSSR count). The Morgan fingerprint density at radius 3 is 2.64 bits per heavy atom. The fourth-order valence-corrected chi connectivity index (χ4v) is 4.21. The molecule has 1 heterocycles. The lowest BCUT2D eigenvalue weighted by molar-refractivity contribution is -0.113. The first-order valence-corrected chi connectivity index (χ1v) is 10.9. The number of anilines is 1. The van der Waals surface area contributed by atoms with E-state index in [1.54, 1.807) is 0 Å². The maximum absolute atomic E-state index is 12.4. The molecule has 0 fully saturated rings. The normalized spacial score (nSPS) is 10.9. The van der Waals surface area contributed by atoms with Gasteiger partial charge in [-0.25, -0.2) is 0 Å². The summed E-state index contributed by atoms with van der Waals surface area (Å²) in [4.78, 5) is 12.4. The van der Waals surface area contributed by atoms with Crippen molar-refractivity contribution in [3.05, 3.63) is 58.1 Å². The number of rotatable bonds is 7. The van der Waals surface area contributed by atoms with Crippen LogP contribution in [0.15, 0.2) is 52.1 Å². The molecular weight excluding hydrogens is 436 g/mol. The van der Waals surface area contributed by atoms with Crippen molar-refractivity contribution in [1.29, 1.82) is 0 Å². The number of carbonyl (C=O) groups is 1. The third-order valence-electron chi connectivity index (χ3n) is 4.17. The second-order valence-corrected chi connectivity index (χ2v) is 8.44. The van der Waals surface area contributed by atoms with Crippen LogP contribution in [0.1, 0.15) is 24.5 Å². The van der Waals surface area contributed by atoms with Crippen molar-refractivity contribution in [1.82, 2.24) is 14.8 Å². The van der Waals surface area contributed by atoms with Crippen LogP contribution in [0.3, 0.4) is 0 Å². The minimum absolute atomic E-state index is 0.0716. The van der Waals surface area contributed by atoms with E-state index >= 15 is 0 Å². The van der Waals surface area contributed by atoms with Gasteiger partial charge in [0.05, 0.1) is 11.4 Å². The minimum Gasteiger partial charge on any atom is -0.324 e. The number of hydrogen-bond acceptors (Lipinski definition) is 4. The number of amides is 1. The van der Waals surface area contributed by atoms with E-state index in [2.05, 4.69) is 62.0 Å². The topological polar surface area (TPSA) is 59.8 Å². The largest absolute Gasteiger partial charge is 0.324 e. The van der Waals surface area contributed by atoms with E-state index in [0.717, 1.165) is 45.2 Å². The SMILES string of the molecule is CCCn1c(SCC(=O)Nc2ccc(C)cc2Br)nnc1-c1cccc(C)c1. The van der Waals surface area contributed by atoms with Crippen LogP contribution < -0.4 is 5.32 Å². The lowest BCUT2D eigenvalue weighted by atomic mass is 10.1. The molecule has 0 aliphatic carbocycles. The van der Waals surface area contributed by atoms with Crippen molar-refractivity contribution in [2.24, 2.45) is 0 Å². The number of aryl methyl sites for hydroxylation is 2. The third-order valence-corrected chi connectivity index (χ3v) is 5.79. The number of hydrogen-bond donors (Lipinski definition) is 1. The van der Waals surface area contributed by atoms with Gasteiger partial charge in [0, 0.05) is 16.6 Å². The maximum atomic E-state index is 12.4. The molecule has 0 spiro atoms. The quantitative estimate of drug-likeness (QED) is 0.477. The van der Waals surface area contributed by atoms with E-state index in [9.17, 15) is 4.79 Å². The van der Waals surface area contributed by atoms with Gasteiger partial charge in [0.2, 0.25) is 5.91 Å². The molecule has 1 amide bonds. The Bertz CT molecular complexity index is 986. The predicted molar refractivity (Wildman–Crippen MR) is 119 cm³/mol. The number of nitrogens with one attached hydrogen (secondary N) is 1. The van der Waals surface area contributed by atoms with Crippen LogP contribution in [0.5, 0.6) is 0 Å². The molecule has 1 aromatic heterocycles. The first-order chi connectivity index (χ1) is 13.5. The highest BCUT2D eigenvalue weighted by molar-refractivity contribution is 9.10. The molecular formula is C21H23BrN4OS. The third kappa shape index (κ3) is 5.02. The van der Waals surface area contributed by atoms with Gasteiger partial charge in [-0.15, -0.1) is 10.2 Å². The van der Waals surface area contributed by atoms with Gasteiger partial charge in [0.15, 0.2) is 11.0 Å². The lowest BCUT2D eigenvalue weighted by Crippen LogP contribution is -2.15. The van der Waals surface area contributed by atoms with Crippen LogP contribution in [0.25, 0.3) is 11.4 Å². The molecule has 0 saturated heterocycles. The molecule has 0 aliphatic heterocycles. The Morgan fingerprint density at radius 1 is 1.14 bits per heavy atom. The smallest absolute Gasteiger partial charge is 0.234 e. The number of benzene rings is 2. The number of carbonyl (C=O) groups excluding carboxylic acids is 1. The number of nitrogens with zero attached hydrogens (tertiary/aromatic N) is 3. The average molecular weight is 459 g/mol. The zero-order chi connectivity index (χ0) is 20.1. The summed E-state index contributed by atoms with van der Waals surface area (Å²) in [5.74, 6) is 1.04. The van der Waals surface area contributed by atoms with Crippen molar-refractivity contribution in [3.63, 3.8) is 0 Å². The standard InChI is InChI=1S/C21H23BrN4OS/c1-4-10-26-20(16-7-5-6-14(2)11-16)24-25-21(26)28-13-19(27)23-18-9-8-15(3)12-17(18)22/h5-9,11-12H,4,10,13H2,1-3H3,(H,23,27). The van der Waals surface area contributed by atoms with Crippen molar-refractivity contribution in [2.45, 2.75) is 38.9 Å². The van der Waals surface area contributed by atoms with Crippen LogP contribution >= 0.6 is 27.7 Å². The van der Waals surface area contributed by atoms with Crippen LogP contribution in [0, 0.1) is 13.8 Å². The van der Waals surface area contributed by atoms with Gasteiger partial charge in [-0.05, 0) is 60.0 Å². The summed E-state index contributed by atoms with van der Waals surface area (Å²) < 4.78 is 2.97. The van der Waals surface area contributed by atoms with Crippen LogP contribution in [0.2, 0.25) is 0 Å². The summed E-state index contributed by atoms with van der Waals surface area (Å²) in [6.07, 6.45) is 0.965. The molecule has 0 saturated carbocycles. The van der Waals surface area contributed by atoms with Crippen LogP contribution in [-0.2, 0) is 11.3 Å². The first-order valence-electron chi connectivity index (χ1n) is 9.17. The zero-order valence-corrected chi connectivity index (χ0v) is 18.6. The van der Waals surface area contributed by atoms with Crippen molar-refractivity contribution in [2.75, 3.05) is 11.1 Å². The molecule has 7 heteroatoms. The Balaban J connectivity index is 1.72. The molecule has 0 unspecified atom stereocenters. The first kappa shape index (κ1) is 20.6. The molecule has 28 heavy (non-hydrogen) atoms. The second kappa shape index (κ2) is 9.39. The number of thioether (sulfide) groups is 1. The predicted octanol–water partition coefficient (Wildman–Crippen LogP) is 5.47. The molecule has 2 aromatic carbocycles. The van der Waals surface area contributed by atoms with Gasteiger partial charge in [-0.1, -0.05) is 48.5 Å². The van der Waals surface area contributed by atoms with Gasteiger partial charge in [0.25, 0.3) is 0 Å². The fraction of sp³-hybridized carbons (Fsp3) is 0.286. The van der Waals surface area contributed by atoms with Gasteiger partial charge in [0.1, 0.15) is 0 Å². The molecule has 3 aromatic rings. The average Bonchev–Trinajstić information content (AvgIpc) is 3.05. The maximum Gasteiger partial charge on any atom is 0.234 e. The van der Waals surface area contributed by atoms with Crippen molar-refractivity contribution >= 4 is 39.3 Å². The highest BCUT2D eigenvalue weighted by Gasteiger charge is 2.15. The van der Waals surface area contributed by atoms with Gasteiger partial charge in [-0.2, -0.15) is 0 Å². The zero-order valence-electron chi connectivity index (χ0n) is 16.2. The van der Waals surface area contributed by atoms with Crippen molar-refractivity contribution in [3.8, 4) is 11.4 Å². The molecule has 0 bridgehead atoms.